The van der Waals surface area contributed by atoms with Crippen LogP contribution in [0.1, 0.15) is 12.5 Å². The molecular weight excluding hydrogens is 288 g/mol. The molecule has 1 aromatic carbocycles. The lowest BCUT2D eigenvalue weighted by Gasteiger charge is -2.03. The van der Waals surface area contributed by atoms with Gasteiger partial charge < -0.3 is 0 Å². The zero-order chi connectivity index (χ0) is 10.8. The number of rotatable bonds is 3. The number of sulfone groups is 1. The summed E-state index contributed by atoms with van der Waals surface area (Å²) in [4.78, 5) is 0. The molecule has 2 nitrogen and oxygen atoms in total. The molecule has 0 bridgehead atoms. The molecule has 0 amide bonds. The third-order valence-corrected chi connectivity index (χ3v) is 4.68. The van der Waals surface area contributed by atoms with Crippen LogP contribution in [0.3, 0.4) is 0 Å². The van der Waals surface area contributed by atoms with Gasteiger partial charge in [-0.1, -0.05) is 24.6 Å². The summed E-state index contributed by atoms with van der Waals surface area (Å²) in [5.74, 6) is 0.229. The van der Waals surface area contributed by atoms with Crippen molar-refractivity contribution in [3.8, 4) is 0 Å². The predicted octanol–water partition coefficient (Wildman–Crippen LogP) is 3.04. The molecule has 78 valence electrons. The van der Waals surface area contributed by atoms with Crippen molar-refractivity contribution in [1.29, 1.82) is 0 Å². The highest BCUT2D eigenvalue weighted by Gasteiger charge is 2.09. The third kappa shape index (κ3) is 3.26. The molecule has 0 fully saturated rings. The largest absolute Gasteiger partial charge is 0.229 e. The van der Waals surface area contributed by atoms with Crippen molar-refractivity contribution in [2.24, 2.45) is 0 Å². The van der Waals surface area contributed by atoms with Crippen LogP contribution in [0, 0.1) is 0 Å². The summed E-state index contributed by atoms with van der Waals surface area (Å²) in [5, 5.41) is 0.586. The van der Waals surface area contributed by atoms with E-state index in [4.69, 9.17) is 11.6 Å². The smallest absolute Gasteiger partial charge is 0.154 e. The minimum Gasteiger partial charge on any atom is -0.229 e. The van der Waals surface area contributed by atoms with Crippen molar-refractivity contribution in [2.45, 2.75) is 12.7 Å². The van der Waals surface area contributed by atoms with Crippen molar-refractivity contribution in [2.75, 3.05) is 5.75 Å². The average molecular weight is 298 g/mol. The van der Waals surface area contributed by atoms with Crippen molar-refractivity contribution >= 4 is 37.4 Å². The van der Waals surface area contributed by atoms with Crippen LogP contribution in [0.4, 0.5) is 0 Å². The van der Waals surface area contributed by atoms with E-state index < -0.39 is 9.84 Å². The van der Waals surface area contributed by atoms with E-state index in [-0.39, 0.29) is 11.5 Å². The van der Waals surface area contributed by atoms with Gasteiger partial charge in [0.1, 0.15) is 0 Å². The van der Waals surface area contributed by atoms with Gasteiger partial charge >= 0.3 is 0 Å². The molecule has 5 heteroatoms. The Morgan fingerprint density at radius 2 is 2.07 bits per heavy atom. The SMILES string of the molecule is CCS(=O)(=O)Cc1ccc(Cl)c(Br)c1. The van der Waals surface area contributed by atoms with E-state index in [2.05, 4.69) is 15.9 Å². The van der Waals surface area contributed by atoms with Crippen LogP contribution in [0.25, 0.3) is 0 Å². The van der Waals surface area contributed by atoms with Gasteiger partial charge in [0.2, 0.25) is 0 Å². The van der Waals surface area contributed by atoms with Crippen LogP contribution in [0.2, 0.25) is 5.02 Å². The van der Waals surface area contributed by atoms with E-state index in [0.29, 0.717) is 5.02 Å². The average Bonchev–Trinajstić information content (AvgIpc) is 2.11. The minimum absolute atomic E-state index is 0.0687. The monoisotopic (exact) mass is 296 g/mol. The molecule has 1 aromatic rings. The Hall–Kier alpha value is -0.0600. The number of hydrogen-bond donors (Lipinski definition) is 0. The molecule has 0 aliphatic rings. The molecule has 0 saturated heterocycles. The molecule has 0 aliphatic heterocycles. The first-order valence-corrected chi connectivity index (χ1v) is 7.08. The molecule has 0 atom stereocenters. The molecule has 14 heavy (non-hydrogen) atoms. The molecular formula is C9H10BrClO2S. The zero-order valence-corrected chi connectivity index (χ0v) is 10.8. The van der Waals surface area contributed by atoms with Crippen LogP contribution >= 0.6 is 27.5 Å². The normalized spacial score (nSPS) is 11.6. The summed E-state index contributed by atoms with van der Waals surface area (Å²) in [6.07, 6.45) is 0. The molecule has 0 spiro atoms. The standard InChI is InChI=1S/C9H10BrClO2S/c1-2-14(12,13)6-7-3-4-9(11)8(10)5-7/h3-5H,2,6H2,1H3. The highest BCUT2D eigenvalue weighted by Crippen LogP contribution is 2.24. The maximum Gasteiger partial charge on any atom is 0.154 e. The van der Waals surface area contributed by atoms with Gasteiger partial charge in [0.15, 0.2) is 9.84 Å². The zero-order valence-electron chi connectivity index (χ0n) is 7.63. The van der Waals surface area contributed by atoms with Crippen LogP contribution in [-0.2, 0) is 15.6 Å². The van der Waals surface area contributed by atoms with E-state index in [1.807, 2.05) is 0 Å². The lowest BCUT2D eigenvalue weighted by molar-refractivity contribution is 0.596. The quantitative estimate of drug-likeness (QED) is 0.859. The Balaban J connectivity index is 2.94. The summed E-state index contributed by atoms with van der Waals surface area (Å²) in [5.41, 5.74) is 0.753. The second-order valence-electron chi connectivity index (χ2n) is 2.93. The maximum absolute atomic E-state index is 11.3. The van der Waals surface area contributed by atoms with Crippen LogP contribution in [0.5, 0.6) is 0 Å². The predicted molar refractivity (Wildman–Crippen MR) is 62.3 cm³/mol. The maximum atomic E-state index is 11.3. The Kier molecular flexibility index (Phi) is 3.98. The van der Waals surface area contributed by atoms with Crippen LogP contribution in [-0.4, -0.2) is 14.2 Å². The summed E-state index contributed by atoms with van der Waals surface area (Å²) >= 11 is 9.04. The fourth-order valence-electron chi connectivity index (χ4n) is 0.985. The topological polar surface area (TPSA) is 34.1 Å². The third-order valence-electron chi connectivity index (χ3n) is 1.81. The van der Waals surface area contributed by atoms with Gasteiger partial charge in [0.05, 0.1) is 10.8 Å². The second kappa shape index (κ2) is 4.64. The Morgan fingerprint density at radius 3 is 2.57 bits per heavy atom. The molecule has 1 rings (SSSR count). The fraction of sp³-hybridized carbons (Fsp3) is 0.333. The minimum atomic E-state index is -2.97. The number of benzene rings is 1. The van der Waals surface area contributed by atoms with Gasteiger partial charge in [0.25, 0.3) is 0 Å². The van der Waals surface area contributed by atoms with Gasteiger partial charge in [-0.05, 0) is 33.6 Å². The molecule has 0 aromatic heterocycles. The molecule has 0 N–H and O–H groups in total. The highest BCUT2D eigenvalue weighted by atomic mass is 79.9. The van der Waals surface area contributed by atoms with Crippen molar-refractivity contribution < 1.29 is 8.42 Å². The Morgan fingerprint density at radius 1 is 1.43 bits per heavy atom. The summed E-state index contributed by atoms with van der Waals surface area (Å²) in [7, 11) is -2.97. The molecule has 0 aliphatic carbocycles. The van der Waals surface area contributed by atoms with Crippen molar-refractivity contribution in [3.63, 3.8) is 0 Å². The summed E-state index contributed by atoms with van der Waals surface area (Å²) in [6.45, 7) is 1.64. The molecule has 0 unspecified atom stereocenters. The van der Waals surface area contributed by atoms with E-state index in [0.717, 1.165) is 10.0 Å². The van der Waals surface area contributed by atoms with E-state index >= 15 is 0 Å². The van der Waals surface area contributed by atoms with Gasteiger partial charge in [-0.15, -0.1) is 0 Å². The molecule has 0 saturated carbocycles. The van der Waals surface area contributed by atoms with Crippen LogP contribution in [0.15, 0.2) is 22.7 Å². The summed E-state index contributed by atoms with van der Waals surface area (Å²) < 4.78 is 23.4. The van der Waals surface area contributed by atoms with E-state index in [9.17, 15) is 8.42 Å². The van der Waals surface area contributed by atoms with Crippen LogP contribution < -0.4 is 0 Å². The van der Waals surface area contributed by atoms with E-state index in [1.54, 1.807) is 25.1 Å². The first-order chi connectivity index (χ1) is 6.44. The Bertz CT molecular complexity index is 428. The first-order valence-electron chi connectivity index (χ1n) is 4.09. The summed E-state index contributed by atoms with van der Waals surface area (Å²) in [6, 6.07) is 5.14. The highest BCUT2D eigenvalue weighted by molar-refractivity contribution is 9.10. The Labute approximate surface area is 97.3 Å². The molecule has 0 heterocycles. The van der Waals surface area contributed by atoms with Gasteiger partial charge in [-0.25, -0.2) is 8.42 Å². The lowest BCUT2D eigenvalue weighted by atomic mass is 10.2. The van der Waals surface area contributed by atoms with Gasteiger partial charge in [-0.3, -0.25) is 0 Å². The fourth-order valence-corrected chi connectivity index (χ4v) is 2.42. The lowest BCUT2D eigenvalue weighted by Crippen LogP contribution is -2.06. The number of halogens is 2. The van der Waals surface area contributed by atoms with Gasteiger partial charge in [-0.2, -0.15) is 0 Å². The van der Waals surface area contributed by atoms with Crippen molar-refractivity contribution in [1.82, 2.24) is 0 Å². The second-order valence-corrected chi connectivity index (χ2v) is 6.54. The van der Waals surface area contributed by atoms with E-state index in [1.165, 1.54) is 0 Å². The van der Waals surface area contributed by atoms with Crippen molar-refractivity contribution in [3.05, 3.63) is 33.3 Å². The number of hydrogen-bond acceptors (Lipinski definition) is 2. The molecule has 0 radical (unpaired) electrons. The first kappa shape index (κ1) is 12.0. The van der Waals surface area contributed by atoms with Gasteiger partial charge in [0, 0.05) is 10.2 Å².